The van der Waals surface area contributed by atoms with Gasteiger partial charge in [0.05, 0.1) is 12.7 Å². The molecule has 11 heavy (non-hydrogen) atoms. The molecule has 0 aromatic carbocycles. The van der Waals surface area contributed by atoms with Gasteiger partial charge in [-0.2, -0.15) is 0 Å². The van der Waals surface area contributed by atoms with E-state index >= 15 is 0 Å². The van der Waals surface area contributed by atoms with Crippen LogP contribution in [0.4, 0.5) is 0 Å². The quantitative estimate of drug-likeness (QED) is 0.362. The monoisotopic (exact) mass is 180 g/mol. The second kappa shape index (κ2) is 6.43. The van der Waals surface area contributed by atoms with Crippen molar-refractivity contribution in [1.29, 1.82) is 0 Å². The molecule has 3 nitrogen and oxygen atoms in total. The highest BCUT2D eigenvalue weighted by atomic mass is 35.5. The lowest BCUT2D eigenvalue weighted by molar-refractivity contribution is -0.152. The number of carbonyl (C=O) groups is 1. The van der Waals surface area contributed by atoms with Gasteiger partial charge in [0.1, 0.15) is 6.61 Å². The molecule has 0 fully saturated rings. The van der Waals surface area contributed by atoms with Crippen LogP contribution in [0.2, 0.25) is 0 Å². The Morgan fingerprint density at radius 2 is 2.18 bits per heavy atom. The summed E-state index contributed by atoms with van der Waals surface area (Å²) in [5.74, 6) is 0.0553. The predicted molar refractivity (Wildman–Crippen MR) is 42.8 cm³/mol. The first kappa shape index (κ1) is 10.7. The Bertz CT molecular complexity index is 114. The summed E-state index contributed by atoms with van der Waals surface area (Å²) in [7, 11) is 0. The topological polar surface area (TPSA) is 35.5 Å². The van der Waals surface area contributed by atoms with Crippen molar-refractivity contribution < 1.29 is 14.3 Å². The molecule has 0 saturated heterocycles. The van der Waals surface area contributed by atoms with Gasteiger partial charge >= 0.3 is 5.97 Å². The molecule has 0 atom stereocenters. The van der Waals surface area contributed by atoms with Gasteiger partial charge in [-0.25, -0.2) is 4.79 Å². The van der Waals surface area contributed by atoms with Crippen LogP contribution in [-0.4, -0.2) is 31.2 Å². The standard InChI is InChI=1S/C7H13ClO3/c1-6(2)11-7(9)5-10-4-3-8/h6H,3-5H2,1-2H3. The van der Waals surface area contributed by atoms with Crippen molar-refractivity contribution in [3.05, 3.63) is 0 Å². The normalized spacial score (nSPS) is 10.2. The SMILES string of the molecule is CC(C)OC(=O)COCCCl. The molecule has 0 saturated carbocycles. The Balaban J connectivity index is 3.23. The van der Waals surface area contributed by atoms with Gasteiger partial charge in [-0.1, -0.05) is 0 Å². The van der Waals surface area contributed by atoms with Gasteiger partial charge in [0.15, 0.2) is 0 Å². The first-order valence-electron chi connectivity index (χ1n) is 3.50. The lowest BCUT2D eigenvalue weighted by Gasteiger charge is -2.07. The van der Waals surface area contributed by atoms with Crippen molar-refractivity contribution in [2.24, 2.45) is 0 Å². The zero-order chi connectivity index (χ0) is 8.69. The average molecular weight is 181 g/mol. The largest absolute Gasteiger partial charge is 0.461 e. The Morgan fingerprint density at radius 3 is 2.64 bits per heavy atom. The van der Waals surface area contributed by atoms with Crippen molar-refractivity contribution in [3.8, 4) is 0 Å². The van der Waals surface area contributed by atoms with Crippen LogP contribution in [0.3, 0.4) is 0 Å². The summed E-state index contributed by atoms with van der Waals surface area (Å²) in [6.07, 6.45) is -0.0814. The lowest BCUT2D eigenvalue weighted by atomic mass is 10.5. The number of hydrogen-bond donors (Lipinski definition) is 0. The number of halogens is 1. The fourth-order valence-electron chi connectivity index (χ4n) is 0.507. The summed E-state index contributed by atoms with van der Waals surface area (Å²) in [5.41, 5.74) is 0. The van der Waals surface area contributed by atoms with Crippen LogP contribution in [0.1, 0.15) is 13.8 Å². The average Bonchev–Trinajstić information content (AvgIpc) is 1.86. The molecule has 66 valence electrons. The van der Waals surface area contributed by atoms with Crippen molar-refractivity contribution in [2.75, 3.05) is 19.1 Å². The molecule has 0 heterocycles. The van der Waals surface area contributed by atoms with Gasteiger partial charge < -0.3 is 9.47 Å². The molecule has 0 aliphatic heterocycles. The lowest BCUT2D eigenvalue weighted by Crippen LogP contribution is -2.17. The minimum Gasteiger partial charge on any atom is -0.461 e. The zero-order valence-corrected chi connectivity index (χ0v) is 7.56. The first-order valence-corrected chi connectivity index (χ1v) is 4.03. The molecule has 0 aliphatic rings. The van der Waals surface area contributed by atoms with Crippen LogP contribution >= 0.6 is 11.6 Å². The van der Waals surface area contributed by atoms with Crippen LogP contribution in [0, 0.1) is 0 Å². The van der Waals surface area contributed by atoms with Crippen molar-refractivity contribution in [3.63, 3.8) is 0 Å². The molecular weight excluding hydrogens is 168 g/mol. The van der Waals surface area contributed by atoms with E-state index in [-0.39, 0.29) is 18.7 Å². The van der Waals surface area contributed by atoms with Crippen LogP contribution in [0.25, 0.3) is 0 Å². The zero-order valence-electron chi connectivity index (χ0n) is 6.80. The van der Waals surface area contributed by atoms with E-state index in [4.69, 9.17) is 21.1 Å². The predicted octanol–water partition coefficient (Wildman–Crippen LogP) is 1.19. The summed E-state index contributed by atoms with van der Waals surface area (Å²) in [5, 5.41) is 0. The molecule has 0 aromatic rings. The Labute approximate surface area is 71.6 Å². The minimum absolute atomic E-state index is 0.00903. The van der Waals surface area contributed by atoms with E-state index in [1.54, 1.807) is 13.8 Å². The molecule has 0 unspecified atom stereocenters. The van der Waals surface area contributed by atoms with Crippen LogP contribution in [0.5, 0.6) is 0 Å². The second-order valence-electron chi connectivity index (χ2n) is 2.28. The summed E-state index contributed by atoms with van der Waals surface area (Å²) in [6, 6.07) is 0. The van der Waals surface area contributed by atoms with E-state index in [1.165, 1.54) is 0 Å². The first-order chi connectivity index (χ1) is 5.16. The highest BCUT2D eigenvalue weighted by Gasteiger charge is 2.03. The van der Waals surface area contributed by atoms with E-state index < -0.39 is 0 Å². The molecule has 0 spiro atoms. The number of esters is 1. The number of alkyl halides is 1. The van der Waals surface area contributed by atoms with Crippen molar-refractivity contribution >= 4 is 17.6 Å². The van der Waals surface area contributed by atoms with Crippen molar-refractivity contribution in [1.82, 2.24) is 0 Å². The summed E-state index contributed by atoms with van der Waals surface area (Å²) in [4.78, 5) is 10.7. The Hall–Kier alpha value is -0.280. The highest BCUT2D eigenvalue weighted by Crippen LogP contribution is 1.89. The molecule has 0 radical (unpaired) electrons. The van der Waals surface area contributed by atoms with E-state index in [0.29, 0.717) is 12.5 Å². The van der Waals surface area contributed by atoms with Crippen LogP contribution in [-0.2, 0) is 14.3 Å². The summed E-state index contributed by atoms with van der Waals surface area (Å²) < 4.78 is 9.63. The van der Waals surface area contributed by atoms with Crippen LogP contribution < -0.4 is 0 Å². The maximum absolute atomic E-state index is 10.7. The maximum atomic E-state index is 10.7. The number of carbonyl (C=O) groups excluding carboxylic acids is 1. The molecule has 0 bridgehead atoms. The van der Waals surface area contributed by atoms with Crippen molar-refractivity contribution in [2.45, 2.75) is 20.0 Å². The third-order valence-corrected chi connectivity index (χ3v) is 0.963. The third kappa shape index (κ3) is 7.62. The Morgan fingerprint density at radius 1 is 1.55 bits per heavy atom. The number of ether oxygens (including phenoxy) is 2. The molecule has 0 rings (SSSR count). The van der Waals surface area contributed by atoms with Gasteiger partial charge in [0.25, 0.3) is 0 Å². The molecule has 4 heteroatoms. The van der Waals surface area contributed by atoms with Gasteiger partial charge in [-0.05, 0) is 13.8 Å². The van der Waals surface area contributed by atoms with Gasteiger partial charge in [0, 0.05) is 5.88 Å². The van der Waals surface area contributed by atoms with Gasteiger partial charge in [-0.15, -0.1) is 11.6 Å². The van der Waals surface area contributed by atoms with E-state index in [2.05, 4.69) is 0 Å². The number of rotatable bonds is 5. The fraction of sp³-hybridized carbons (Fsp3) is 0.857. The highest BCUT2D eigenvalue weighted by molar-refractivity contribution is 6.17. The third-order valence-electron chi connectivity index (χ3n) is 0.809. The summed E-state index contributed by atoms with van der Waals surface area (Å²) in [6.45, 7) is 3.96. The van der Waals surface area contributed by atoms with E-state index in [9.17, 15) is 4.79 Å². The second-order valence-corrected chi connectivity index (χ2v) is 2.66. The molecule has 0 amide bonds. The molecular formula is C7H13ClO3. The molecule has 0 N–H and O–H groups in total. The maximum Gasteiger partial charge on any atom is 0.332 e. The van der Waals surface area contributed by atoms with Gasteiger partial charge in [-0.3, -0.25) is 0 Å². The fourth-order valence-corrected chi connectivity index (χ4v) is 0.616. The number of hydrogen-bond acceptors (Lipinski definition) is 3. The smallest absolute Gasteiger partial charge is 0.332 e. The van der Waals surface area contributed by atoms with Gasteiger partial charge in [0.2, 0.25) is 0 Å². The van der Waals surface area contributed by atoms with Crippen LogP contribution in [0.15, 0.2) is 0 Å². The van der Waals surface area contributed by atoms with E-state index in [1.807, 2.05) is 0 Å². The Kier molecular flexibility index (Phi) is 6.27. The molecule has 0 aliphatic carbocycles. The van der Waals surface area contributed by atoms with E-state index in [0.717, 1.165) is 0 Å². The summed E-state index contributed by atoms with van der Waals surface area (Å²) >= 11 is 5.31. The minimum atomic E-state index is -0.342. The molecule has 0 aromatic heterocycles.